The smallest absolute Gasteiger partial charge is 0.220 e. The summed E-state index contributed by atoms with van der Waals surface area (Å²) in [6.07, 6.45) is 3.54. The van der Waals surface area contributed by atoms with E-state index in [1.807, 2.05) is 30.5 Å². The quantitative estimate of drug-likeness (QED) is 0.635. The maximum atomic E-state index is 13.0. The van der Waals surface area contributed by atoms with Gasteiger partial charge in [0.1, 0.15) is 16.6 Å². The monoisotopic (exact) mass is 384 g/mol. The minimum absolute atomic E-state index is 0.0174. The van der Waals surface area contributed by atoms with E-state index in [-0.39, 0.29) is 11.7 Å². The lowest BCUT2D eigenvalue weighted by Crippen LogP contribution is -2.22. The standard InChI is InChI=1S/C21H21FN2O2S/c1-26-19-5-3-2-4-16(19)8-11-20(25)23-14-21-24-13-18(27-21)12-15-6-9-17(22)10-7-15/h2-7,9-10,13H,8,11-12,14H2,1H3,(H,23,25). The highest BCUT2D eigenvalue weighted by molar-refractivity contribution is 7.11. The predicted octanol–water partition coefficient (Wildman–Crippen LogP) is 4.13. The van der Waals surface area contributed by atoms with Crippen LogP contribution in [0.15, 0.2) is 54.7 Å². The van der Waals surface area contributed by atoms with Crippen molar-refractivity contribution < 1.29 is 13.9 Å². The number of carbonyl (C=O) groups excluding carboxylic acids is 1. The van der Waals surface area contributed by atoms with Crippen molar-refractivity contribution in [2.45, 2.75) is 25.8 Å². The van der Waals surface area contributed by atoms with E-state index in [2.05, 4.69) is 10.3 Å². The SMILES string of the molecule is COc1ccccc1CCC(=O)NCc1ncc(Cc2ccc(F)cc2)s1. The molecule has 1 N–H and O–H groups in total. The second-order valence-electron chi connectivity index (χ2n) is 6.11. The zero-order chi connectivity index (χ0) is 19.1. The van der Waals surface area contributed by atoms with Crippen molar-refractivity contribution >= 4 is 17.2 Å². The fraction of sp³-hybridized carbons (Fsp3) is 0.238. The lowest BCUT2D eigenvalue weighted by molar-refractivity contribution is -0.121. The third-order valence-electron chi connectivity index (χ3n) is 4.14. The minimum atomic E-state index is -0.237. The predicted molar refractivity (Wildman–Crippen MR) is 104 cm³/mol. The molecule has 0 aliphatic heterocycles. The number of ether oxygens (including phenoxy) is 1. The van der Waals surface area contributed by atoms with E-state index in [1.165, 1.54) is 12.1 Å². The normalized spacial score (nSPS) is 10.6. The van der Waals surface area contributed by atoms with Crippen molar-refractivity contribution in [2.75, 3.05) is 7.11 Å². The molecular weight excluding hydrogens is 363 g/mol. The number of hydrogen-bond donors (Lipinski definition) is 1. The number of rotatable bonds is 8. The van der Waals surface area contributed by atoms with Crippen LogP contribution in [0.4, 0.5) is 4.39 Å². The van der Waals surface area contributed by atoms with Crippen LogP contribution >= 0.6 is 11.3 Å². The van der Waals surface area contributed by atoms with Gasteiger partial charge in [-0.15, -0.1) is 11.3 Å². The molecule has 0 unspecified atom stereocenters. The van der Waals surface area contributed by atoms with Crippen LogP contribution in [0.5, 0.6) is 5.75 Å². The average molecular weight is 384 g/mol. The number of hydrogen-bond acceptors (Lipinski definition) is 4. The van der Waals surface area contributed by atoms with Gasteiger partial charge in [0.2, 0.25) is 5.91 Å². The number of halogens is 1. The molecule has 1 amide bonds. The largest absolute Gasteiger partial charge is 0.496 e. The molecule has 3 aromatic rings. The summed E-state index contributed by atoms with van der Waals surface area (Å²) in [7, 11) is 1.63. The summed E-state index contributed by atoms with van der Waals surface area (Å²) in [5.41, 5.74) is 2.05. The van der Waals surface area contributed by atoms with Gasteiger partial charge in [0, 0.05) is 23.9 Å². The van der Waals surface area contributed by atoms with Crippen LogP contribution < -0.4 is 10.1 Å². The third kappa shape index (κ3) is 5.62. The number of aryl methyl sites for hydroxylation is 1. The molecule has 2 aromatic carbocycles. The molecule has 1 heterocycles. The Morgan fingerprint density at radius 3 is 2.74 bits per heavy atom. The van der Waals surface area contributed by atoms with Crippen LogP contribution in [0, 0.1) is 5.82 Å². The molecule has 0 radical (unpaired) electrons. The van der Waals surface area contributed by atoms with Crippen molar-refractivity contribution in [3.63, 3.8) is 0 Å². The molecule has 6 heteroatoms. The van der Waals surface area contributed by atoms with Crippen LogP contribution in [0.25, 0.3) is 0 Å². The Balaban J connectivity index is 1.46. The Kier molecular flexibility index (Phi) is 6.54. The maximum Gasteiger partial charge on any atom is 0.220 e. The number of nitrogens with zero attached hydrogens (tertiary/aromatic N) is 1. The molecule has 0 fully saturated rings. The summed E-state index contributed by atoms with van der Waals surface area (Å²) in [5, 5.41) is 3.77. The molecule has 27 heavy (non-hydrogen) atoms. The number of para-hydroxylation sites is 1. The van der Waals surface area contributed by atoms with E-state index in [1.54, 1.807) is 30.6 Å². The van der Waals surface area contributed by atoms with Gasteiger partial charge in [-0.1, -0.05) is 30.3 Å². The molecule has 0 bridgehead atoms. The van der Waals surface area contributed by atoms with Crippen LogP contribution in [0.1, 0.15) is 27.4 Å². The van der Waals surface area contributed by atoms with E-state index >= 15 is 0 Å². The van der Waals surface area contributed by atoms with Gasteiger partial charge >= 0.3 is 0 Å². The molecule has 0 aliphatic carbocycles. The molecule has 0 aliphatic rings. The summed E-state index contributed by atoms with van der Waals surface area (Å²) >= 11 is 1.55. The van der Waals surface area contributed by atoms with Gasteiger partial charge in [-0.05, 0) is 35.7 Å². The van der Waals surface area contributed by atoms with Crippen molar-refractivity contribution in [3.05, 3.63) is 81.6 Å². The van der Waals surface area contributed by atoms with Crippen LogP contribution in [-0.4, -0.2) is 18.0 Å². The molecule has 4 nitrogen and oxygen atoms in total. The van der Waals surface area contributed by atoms with E-state index in [0.717, 1.165) is 26.8 Å². The van der Waals surface area contributed by atoms with Crippen LogP contribution in [-0.2, 0) is 24.2 Å². The Morgan fingerprint density at radius 2 is 1.96 bits per heavy atom. The summed E-state index contributed by atoms with van der Waals surface area (Å²) < 4.78 is 18.3. The molecule has 0 atom stereocenters. The molecule has 3 rings (SSSR count). The van der Waals surface area contributed by atoms with E-state index in [4.69, 9.17) is 4.74 Å². The zero-order valence-corrected chi connectivity index (χ0v) is 15.9. The topological polar surface area (TPSA) is 51.2 Å². The van der Waals surface area contributed by atoms with Gasteiger partial charge in [-0.2, -0.15) is 0 Å². The van der Waals surface area contributed by atoms with Crippen molar-refractivity contribution in [1.29, 1.82) is 0 Å². The number of aromatic nitrogens is 1. The number of nitrogens with one attached hydrogen (secondary N) is 1. The van der Waals surface area contributed by atoms with Crippen molar-refractivity contribution in [1.82, 2.24) is 10.3 Å². The van der Waals surface area contributed by atoms with Crippen LogP contribution in [0.2, 0.25) is 0 Å². The second-order valence-corrected chi connectivity index (χ2v) is 7.31. The highest BCUT2D eigenvalue weighted by atomic mass is 32.1. The van der Waals surface area contributed by atoms with Gasteiger partial charge in [0.25, 0.3) is 0 Å². The summed E-state index contributed by atoms with van der Waals surface area (Å²) in [6, 6.07) is 14.2. The first-order valence-corrected chi connectivity index (χ1v) is 9.52. The molecule has 0 spiro atoms. The number of amides is 1. The summed E-state index contributed by atoms with van der Waals surface area (Å²) in [4.78, 5) is 17.5. The summed E-state index contributed by atoms with van der Waals surface area (Å²) in [5.74, 6) is 0.548. The van der Waals surface area contributed by atoms with E-state index < -0.39 is 0 Å². The molecule has 140 valence electrons. The molecular formula is C21H21FN2O2S. The highest BCUT2D eigenvalue weighted by Crippen LogP contribution is 2.19. The average Bonchev–Trinajstić information content (AvgIpc) is 3.14. The molecule has 0 saturated carbocycles. The van der Waals surface area contributed by atoms with Crippen molar-refractivity contribution in [2.24, 2.45) is 0 Å². The third-order valence-corrected chi connectivity index (χ3v) is 5.14. The Labute approximate surface area is 162 Å². The molecule has 0 saturated heterocycles. The first-order valence-electron chi connectivity index (χ1n) is 8.70. The first kappa shape index (κ1) is 19.0. The Bertz CT molecular complexity index is 893. The zero-order valence-electron chi connectivity index (χ0n) is 15.1. The van der Waals surface area contributed by atoms with Gasteiger partial charge in [-0.25, -0.2) is 9.37 Å². The number of methoxy groups -OCH3 is 1. The van der Waals surface area contributed by atoms with E-state index in [9.17, 15) is 9.18 Å². The van der Waals surface area contributed by atoms with Gasteiger partial charge in [-0.3, -0.25) is 4.79 Å². The lowest BCUT2D eigenvalue weighted by Gasteiger charge is -2.08. The second kappa shape index (κ2) is 9.28. The Morgan fingerprint density at radius 1 is 1.19 bits per heavy atom. The van der Waals surface area contributed by atoms with Crippen LogP contribution in [0.3, 0.4) is 0 Å². The van der Waals surface area contributed by atoms with Crippen molar-refractivity contribution in [3.8, 4) is 5.75 Å². The Hall–Kier alpha value is -2.73. The number of benzene rings is 2. The summed E-state index contributed by atoms with van der Waals surface area (Å²) in [6.45, 7) is 0.416. The van der Waals surface area contributed by atoms with Gasteiger partial charge in [0.15, 0.2) is 0 Å². The lowest BCUT2D eigenvalue weighted by atomic mass is 10.1. The maximum absolute atomic E-state index is 13.0. The first-order chi connectivity index (χ1) is 13.1. The fourth-order valence-electron chi connectivity index (χ4n) is 2.74. The number of thiazole rings is 1. The van der Waals surface area contributed by atoms with Gasteiger partial charge in [0.05, 0.1) is 13.7 Å². The van der Waals surface area contributed by atoms with Gasteiger partial charge < -0.3 is 10.1 Å². The minimum Gasteiger partial charge on any atom is -0.496 e. The fourth-order valence-corrected chi connectivity index (χ4v) is 3.63. The number of carbonyl (C=O) groups is 1. The van der Waals surface area contributed by atoms with E-state index in [0.29, 0.717) is 25.8 Å². The molecule has 1 aromatic heterocycles. The highest BCUT2D eigenvalue weighted by Gasteiger charge is 2.08.